The second kappa shape index (κ2) is 7.17. The van der Waals surface area contributed by atoms with Crippen molar-refractivity contribution in [2.45, 2.75) is 32.9 Å². The Labute approximate surface area is 141 Å². The molecule has 0 aliphatic heterocycles. The number of aryl methyl sites for hydroxylation is 1. The van der Waals surface area contributed by atoms with Crippen molar-refractivity contribution in [2.75, 3.05) is 0 Å². The molecule has 3 rings (SSSR count). The third-order valence-corrected chi connectivity index (χ3v) is 4.03. The number of nitrogens with one attached hydrogen (secondary N) is 1. The summed E-state index contributed by atoms with van der Waals surface area (Å²) in [5.74, 6) is -0.0945. The Hall–Kier alpha value is -2.82. The van der Waals surface area contributed by atoms with Crippen LogP contribution in [0.1, 0.15) is 42.4 Å². The summed E-state index contributed by atoms with van der Waals surface area (Å²) in [6, 6.07) is 13.9. The largest absolute Gasteiger partial charge is 0.344 e. The van der Waals surface area contributed by atoms with Crippen molar-refractivity contribution in [1.82, 2.24) is 19.7 Å². The van der Waals surface area contributed by atoms with Crippen molar-refractivity contribution in [2.24, 2.45) is 0 Å². The molecule has 0 radical (unpaired) electrons. The van der Waals surface area contributed by atoms with E-state index >= 15 is 0 Å². The van der Waals surface area contributed by atoms with Gasteiger partial charge in [-0.1, -0.05) is 19.1 Å². The second-order valence-corrected chi connectivity index (χ2v) is 5.82. The lowest BCUT2D eigenvalue weighted by Crippen LogP contribution is -2.29. The first kappa shape index (κ1) is 16.1. The lowest BCUT2D eigenvalue weighted by Gasteiger charge is -2.15. The number of carbonyl (C=O) groups is 1. The van der Waals surface area contributed by atoms with Crippen LogP contribution in [-0.2, 0) is 6.54 Å². The van der Waals surface area contributed by atoms with E-state index in [1.165, 1.54) is 0 Å². The average molecular weight is 322 g/mol. The number of aromatic nitrogens is 3. The molecule has 0 saturated heterocycles. The van der Waals surface area contributed by atoms with Crippen molar-refractivity contribution in [1.29, 1.82) is 0 Å². The molecule has 2 heterocycles. The van der Waals surface area contributed by atoms with E-state index in [1.54, 1.807) is 16.9 Å². The maximum Gasteiger partial charge on any atom is 0.270 e. The van der Waals surface area contributed by atoms with Crippen LogP contribution in [0.5, 0.6) is 0 Å². The standard InChI is InChI=1S/C19H22N4O/c1-3-12-23-18(10-11-20-23)19(24)21-15(2)16-6-8-17(9-7-16)22-13-4-5-14-22/h4-11,13-15H,3,12H2,1-2H3,(H,21,24)/t15-/m1/s1. The monoisotopic (exact) mass is 322 g/mol. The quantitative estimate of drug-likeness (QED) is 0.754. The zero-order valence-electron chi connectivity index (χ0n) is 14.0. The van der Waals surface area contributed by atoms with Gasteiger partial charge >= 0.3 is 0 Å². The lowest BCUT2D eigenvalue weighted by atomic mass is 10.1. The maximum atomic E-state index is 12.5. The molecule has 24 heavy (non-hydrogen) atoms. The minimum Gasteiger partial charge on any atom is -0.344 e. The molecule has 2 aromatic heterocycles. The SMILES string of the molecule is CCCn1nccc1C(=O)N[C@H](C)c1ccc(-n2cccc2)cc1. The van der Waals surface area contributed by atoms with E-state index in [0.29, 0.717) is 5.69 Å². The first-order chi connectivity index (χ1) is 11.7. The van der Waals surface area contributed by atoms with Gasteiger partial charge in [-0.3, -0.25) is 9.48 Å². The minimum absolute atomic E-state index is 0.0683. The summed E-state index contributed by atoms with van der Waals surface area (Å²) in [5.41, 5.74) is 2.77. The highest BCUT2D eigenvalue weighted by Gasteiger charge is 2.15. The Kier molecular flexibility index (Phi) is 4.79. The molecular weight excluding hydrogens is 300 g/mol. The number of benzene rings is 1. The minimum atomic E-state index is -0.0945. The molecule has 5 heteroatoms. The van der Waals surface area contributed by atoms with Crippen molar-refractivity contribution >= 4 is 5.91 Å². The fraction of sp³-hybridized carbons (Fsp3) is 0.263. The van der Waals surface area contributed by atoms with Gasteiger partial charge in [-0.2, -0.15) is 5.10 Å². The molecule has 0 bridgehead atoms. The topological polar surface area (TPSA) is 51.9 Å². The highest BCUT2D eigenvalue weighted by Crippen LogP contribution is 2.16. The summed E-state index contributed by atoms with van der Waals surface area (Å²) in [4.78, 5) is 12.5. The van der Waals surface area contributed by atoms with E-state index in [9.17, 15) is 4.79 Å². The predicted molar refractivity (Wildman–Crippen MR) is 94.2 cm³/mol. The Morgan fingerprint density at radius 2 is 1.88 bits per heavy atom. The summed E-state index contributed by atoms with van der Waals surface area (Å²) in [5, 5.41) is 7.25. The van der Waals surface area contributed by atoms with E-state index in [2.05, 4.69) is 34.0 Å². The van der Waals surface area contributed by atoms with Crippen LogP contribution >= 0.6 is 0 Å². The molecule has 1 N–H and O–H groups in total. The first-order valence-corrected chi connectivity index (χ1v) is 8.25. The van der Waals surface area contributed by atoms with Crippen molar-refractivity contribution in [3.05, 3.63) is 72.3 Å². The number of amides is 1. The molecule has 0 spiro atoms. The van der Waals surface area contributed by atoms with Crippen molar-refractivity contribution in [3.63, 3.8) is 0 Å². The third-order valence-electron chi connectivity index (χ3n) is 4.03. The number of hydrogen-bond donors (Lipinski definition) is 1. The molecule has 5 nitrogen and oxygen atoms in total. The summed E-state index contributed by atoms with van der Waals surface area (Å²) in [6.07, 6.45) is 6.63. The van der Waals surface area contributed by atoms with E-state index in [0.717, 1.165) is 24.2 Å². The van der Waals surface area contributed by atoms with Crippen LogP contribution in [0.25, 0.3) is 5.69 Å². The van der Waals surface area contributed by atoms with E-state index in [1.807, 2.05) is 43.6 Å². The Bertz CT molecular complexity index is 787. The Balaban J connectivity index is 1.69. The molecule has 124 valence electrons. The zero-order chi connectivity index (χ0) is 16.9. The van der Waals surface area contributed by atoms with Gasteiger partial charge in [0.2, 0.25) is 0 Å². The van der Waals surface area contributed by atoms with Crippen molar-refractivity contribution in [3.8, 4) is 5.69 Å². The highest BCUT2D eigenvalue weighted by molar-refractivity contribution is 5.92. The summed E-state index contributed by atoms with van der Waals surface area (Å²) in [7, 11) is 0. The second-order valence-electron chi connectivity index (χ2n) is 5.82. The highest BCUT2D eigenvalue weighted by atomic mass is 16.2. The van der Waals surface area contributed by atoms with Gasteiger partial charge in [0.25, 0.3) is 5.91 Å². The van der Waals surface area contributed by atoms with Gasteiger partial charge in [0, 0.05) is 30.8 Å². The third kappa shape index (κ3) is 3.40. The van der Waals surface area contributed by atoms with Crippen LogP contribution in [0.4, 0.5) is 0 Å². The normalized spacial score (nSPS) is 12.1. The van der Waals surface area contributed by atoms with E-state index in [-0.39, 0.29) is 11.9 Å². The van der Waals surface area contributed by atoms with Crippen LogP contribution < -0.4 is 5.32 Å². The van der Waals surface area contributed by atoms with Gasteiger partial charge < -0.3 is 9.88 Å². The van der Waals surface area contributed by atoms with Gasteiger partial charge in [0.1, 0.15) is 5.69 Å². The number of rotatable bonds is 6. The van der Waals surface area contributed by atoms with Gasteiger partial charge in [-0.15, -0.1) is 0 Å². The summed E-state index contributed by atoms with van der Waals surface area (Å²) < 4.78 is 3.80. The van der Waals surface area contributed by atoms with Gasteiger partial charge in [-0.05, 0) is 49.2 Å². The number of hydrogen-bond acceptors (Lipinski definition) is 2. The molecule has 0 aliphatic rings. The van der Waals surface area contributed by atoms with E-state index in [4.69, 9.17) is 0 Å². The van der Waals surface area contributed by atoms with Crippen molar-refractivity contribution < 1.29 is 4.79 Å². The van der Waals surface area contributed by atoms with Gasteiger partial charge in [0.15, 0.2) is 0 Å². The van der Waals surface area contributed by atoms with Gasteiger partial charge in [0.05, 0.1) is 6.04 Å². The molecule has 3 aromatic rings. The maximum absolute atomic E-state index is 12.5. The average Bonchev–Trinajstić information content (AvgIpc) is 3.27. The van der Waals surface area contributed by atoms with Crippen LogP contribution in [0, 0.1) is 0 Å². The Morgan fingerprint density at radius 3 is 2.54 bits per heavy atom. The van der Waals surface area contributed by atoms with Crippen LogP contribution in [0.3, 0.4) is 0 Å². The molecule has 0 unspecified atom stereocenters. The molecule has 0 aliphatic carbocycles. The smallest absolute Gasteiger partial charge is 0.270 e. The summed E-state index contributed by atoms with van der Waals surface area (Å²) >= 11 is 0. The fourth-order valence-electron chi connectivity index (χ4n) is 2.71. The Morgan fingerprint density at radius 1 is 1.17 bits per heavy atom. The zero-order valence-corrected chi connectivity index (χ0v) is 14.0. The fourth-order valence-corrected chi connectivity index (χ4v) is 2.71. The number of carbonyl (C=O) groups excluding carboxylic acids is 1. The summed E-state index contributed by atoms with van der Waals surface area (Å²) in [6.45, 7) is 4.80. The molecule has 0 saturated carbocycles. The van der Waals surface area contributed by atoms with Crippen LogP contribution in [0.2, 0.25) is 0 Å². The predicted octanol–water partition coefficient (Wildman–Crippen LogP) is 3.57. The molecule has 1 amide bonds. The van der Waals surface area contributed by atoms with Gasteiger partial charge in [-0.25, -0.2) is 0 Å². The van der Waals surface area contributed by atoms with Crippen LogP contribution in [0.15, 0.2) is 61.1 Å². The molecular formula is C19H22N4O. The molecule has 1 atom stereocenters. The number of nitrogens with zero attached hydrogens (tertiary/aromatic N) is 3. The molecule has 1 aromatic carbocycles. The first-order valence-electron chi connectivity index (χ1n) is 8.25. The lowest BCUT2D eigenvalue weighted by molar-refractivity contribution is 0.0928. The van der Waals surface area contributed by atoms with Crippen LogP contribution in [-0.4, -0.2) is 20.3 Å². The molecule has 0 fully saturated rings. The van der Waals surface area contributed by atoms with E-state index < -0.39 is 0 Å².